The van der Waals surface area contributed by atoms with Crippen molar-refractivity contribution in [2.45, 2.75) is 39.3 Å². The van der Waals surface area contributed by atoms with Gasteiger partial charge in [0.25, 0.3) is 0 Å². The van der Waals surface area contributed by atoms with Gasteiger partial charge in [-0.2, -0.15) is 4.98 Å². The van der Waals surface area contributed by atoms with E-state index < -0.39 is 6.16 Å². The third-order valence-electron chi connectivity index (χ3n) is 5.80. The lowest BCUT2D eigenvalue weighted by molar-refractivity contribution is 0.0183. The first-order chi connectivity index (χ1) is 16.9. The lowest BCUT2D eigenvalue weighted by Gasteiger charge is -2.31. The van der Waals surface area contributed by atoms with Gasteiger partial charge in [-0.05, 0) is 31.5 Å². The number of benzene rings is 1. The van der Waals surface area contributed by atoms with Crippen molar-refractivity contribution in [1.82, 2.24) is 9.97 Å². The van der Waals surface area contributed by atoms with Crippen LogP contribution in [0, 0.1) is 6.92 Å². The first-order valence-electron chi connectivity index (χ1n) is 11.4. The van der Waals surface area contributed by atoms with Gasteiger partial charge in [0.05, 0.1) is 31.2 Å². The van der Waals surface area contributed by atoms with Crippen molar-refractivity contribution in [2.24, 2.45) is 0 Å². The molecule has 3 heterocycles. The van der Waals surface area contributed by atoms with Gasteiger partial charge in [0.2, 0.25) is 5.95 Å². The number of ether oxygens (including phenoxy) is 4. The number of piperidine rings is 1. The highest BCUT2D eigenvalue weighted by Gasteiger charge is 2.26. The number of fused-ring (bicyclic) bond motifs is 1. The highest BCUT2D eigenvalue weighted by Crippen LogP contribution is 2.39. The predicted octanol–water partition coefficient (Wildman–Crippen LogP) is 5.42. The van der Waals surface area contributed by atoms with Gasteiger partial charge >= 0.3 is 6.16 Å². The van der Waals surface area contributed by atoms with Crippen LogP contribution in [0.25, 0.3) is 10.2 Å². The minimum atomic E-state index is -0.617. The van der Waals surface area contributed by atoms with Crippen molar-refractivity contribution in [2.75, 3.05) is 44.1 Å². The molecule has 0 spiro atoms. The molecule has 0 saturated carbocycles. The zero-order valence-corrected chi connectivity index (χ0v) is 21.8. The number of aromatic nitrogens is 2. The quantitative estimate of drug-likeness (QED) is 0.390. The van der Waals surface area contributed by atoms with Crippen molar-refractivity contribution >= 4 is 51.1 Å². The molecule has 2 aromatic heterocycles. The summed E-state index contributed by atoms with van der Waals surface area (Å²) >= 11 is 8.17. The van der Waals surface area contributed by atoms with Crippen LogP contribution in [-0.2, 0) is 16.0 Å². The van der Waals surface area contributed by atoms with E-state index in [1.807, 2.05) is 25.1 Å². The Hall–Kier alpha value is -2.98. The molecule has 0 aliphatic carbocycles. The van der Waals surface area contributed by atoms with Gasteiger partial charge in [0, 0.05) is 37.4 Å². The van der Waals surface area contributed by atoms with Gasteiger partial charge in [-0.25, -0.2) is 9.78 Å². The number of anilines is 2. The largest absolute Gasteiger partial charge is 0.508 e. The molecule has 35 heavy (non-hydrogen) atoms. The summed E-state index contributed by atoms with van der Waals surface area (Å²) < 4.78 is 21.0. The number of carbonyl (C=O) groups is 1. The van der Waals surface area contributed by atoms with E-state index in [9.17, 15) is 4.79 Å². The van der Waals surface area contributed by atoms with E-state index in [1.165, 1.54) is 0 Å². The minimum absolute atomic E-state index is 0.171. The van der Waals surface area contributed by atoms with Crippen LogP contribution in [0.2, 0.25) is 5.02 Å². The van der Waals surface area contributed by atoms with Crippen molar-refractivity contribution in [3.63, 3.8) is 0 Å². The maximum atomic E-state index is 11.6. The summed E-state index contributed by atoms with van der Waals surface area (Å²) in [4.78, 5) is 25.2. The average Bonchev–Trinajstić information content (AvgIpc) is 3.16. The molecule has 1 aromatic carbocycles. The molecule has 1 aliphatic heterocycles. The summed E-state index contributed by atoms with van der Waals surface area (Å²) in [5, 5.41) is 4.92. The highest BCUT2D eigenvalue weighted by molar-refractivity contribution is 7.19. The molecule has 3 aromatic rings. The summed E-state index contributed by atoms with van der Waals surface area (Å²) in [7, 11) is 3.23. The Bertz CT molecular complexity index is 1200. The fourth-order valence-electron chi connectivity index (χ4n) is 3.97. The standard InChI is InChI=1S/C24H29ClN4O5S/c1-5-33-24(30)34-16-8-10-29(11-9-16)23-27-21(19-20(25)14(2)35-22(19)28-23)26-13-15-6-7-17(31-3)18(12-15)32-4/h6-7,12,16H,5,8-11,13H2,1-4H3,(H,26,27,28). The number of thiophene rings is 1. The molecule has 188 valence electrons. The van der Waals surface area contributed by atoms with E-state index in [0.29, 0.717) is 67.4 Å². The lowest BCUT2D eigenvalue weighted by Crippen LogP contribution is -2.39. The molecule has 1 aliphatic rings. The second kappa shape index (κ2) is 11.2. The van der Waals surface area contributed by atoms with Gasteiger partial charge in [-0.3, -0.25) is 0 Å². The van der Waals surface area contributed by atoms with Crippen molar-refractivity contribution < 1.29 is 23.7 Å². The monoisotopic (exact) mass is 520 g/mol. The zero-order chi connectivity index (χ0) is 24.9. The number of rotatable bonds is 8. The summed E-state index contributed by atoms with van der Waals surface area (Å²) in [6.45, 7) is 5.89. The van der Waals surface area contributed by atoms with Crippen LogP contribution in [0.1, 0.15) is 30.2 Å². The van der Waals surface area contributed by atoms with E-state index in [0.717, 1.165) is 20.7 Å². The fourth-order valence-corrected chi connectivity index (χ4v) is 5.23. The molecule has 0 unspecified atom stereocenters. The van der Waals surface area contributed by atoms with Crippen LogP contribution in [0.5, 0.6) is 11.5 Å². The molecule has 0 radical (unpaired) electrons. The molecule has 11 heteroatoms. The second-order valence-corrected chi connectivity index (χ2v) is 9.64. The van der Waals surface area contributed by atoms with Crippen LogP contribution in [0.15, 0.2) is 18.2 Å². The molecule has 0 bridgehead atoms. The van der Waals surface area contributed by atoms with Crippen LogP contribution < -0.4 is 19.7 Å². The summed E-state index contributed by atoms with van der Waals surface area (Å²) in [6.07, 6.45) is 0.571. The Kier molecular flexibility index (Phi) is 8.02. The van der Waals surface area contributed by atoms with Gasteiger partial charge in [-0.15, -0.1) is 11.3 Å². The normalized spacial score (nSPS) is 14.1. The van der Waals surface area contributed by atoms with Gasteiger partial charge in [-0.1, -0.05) is 17.7 Å². The lowest BCUT2D eigenvalue weighted by atomic mass is 10.1. The third-order valence-corrected chi connectivity index (χ3v) is 7.38. The Balaban J connectivity index is 1.54. The maximum Gasteiger partial charge on any atom is 0.508 e. The predicted molar refractivity (Wildman–Crippen MR) is 137 cm³/mol. The number of nitrogens with zero attached hydrogens (tertiary/aromatic N) is 3. The molecule has 0 amide bonds. The average molecular weight is 521 g/mol. The Morgan fingerprint density at radius 3 is 2.63 bits per heavy atom. The van der Waals surface area contributed by atoms with Crippen molar-refractivity contribution in [3.05, 3.63) is 33.7 Å². The van der Waals surface area contributed by atoms with Crippen LogP contribution >= 0.6 is 22.9 Å². The molecule has 1 saturated heterocycles. The molecule has 4 rings (SSSR count). The Morgan fingerprint density at radius 1 is 1.20 bits per heavy atom. The smallest absolute Gasteiger partial charge is 0.493 e. The number of carbonyl (C=O) groups excluding carboxylic acids is 1. The maximum absolute atomic E-state index is 11.6. The highest BCUT2D eigenvalue weighted by atomic mass is 35.5. The summed E-state index contributed by atoms with van der Waals surface area (Å²) in [6, 6.07) is 5.78. The van der Waals surface area contributed by atoms with E-state index in [4.69, 9.17) is 40.5 Å². The molecule has 0 atom stereocenters. The minimum Gasteiger partial charge on any atom is -0.493 e. The number of nitrogens with one attached hydrogen (secondary N) is 1. The number of hydrogen-bond donors (Lipinski definition) is 1. The molecule has 1 N–H and O–H groups in total. The van der Waals surface area contributed by atoms with E-state index in [1.54, 1.807) is 32.5 Å². The number of halogens is 1. The van der Waals surface area contributed by atoms with Gasteiger partial charge < -0.3 is 29.2 Å². The SMILES string of the molecule is CCOC(=O)OC1CCN(c2nc(NCc3ccc(OC)c(OC)c3)c3c(Cl)c(C)sc3n2)CC1. The van der Waals surface area contributed by atoms with Crippen LogP contribution in [-0.4, -0.2) is 56.1 Å². The topological polar surface area (TPSA) is 95.0 Å². The number of methoxy groups -OCH3 is 2. The molecule has 1 fully saturated rings. The number of hydrogen-bond acceptors (Lipinski definition) is 10. The molecular weight excluding hydrogens is 492 g/mol. The Labute approximate surface area is 213 Å². The van der Waals surface area contributed by atoms with E-state index in [-0.39, 0.29) is 6.10 Å². The number of aryl methyl sites for hydroxylation is 1. The van der Waals surface area contributed by atoms with E-state index >= 15 is 0 Å². The van der Waals surface area contributed by atoms with Gasteiger partial charge in [0.1, 0.15) is 16.8 Å². The zero-order valence-electron chi connectivity index (χ0n) is 20.2. The van der Waals surface area contributed by atoms with Crippen LogP contribution in [0.4, 0.5) is 16.6 Å². The van der Waals surface area contributed by atoms with E-state index in [2.05, 4.69) is 10.2 Å². The molecule has 9 nitrogen and oxygen atoms in total. The van der Waals surface area contributed by atoms with Crippen molar-refractivity contribution in [1.29, 1.82) is 0 Å². The summed E-state index contributed by atoms with van der Waals surface area (Å²) in [5.41, 5.74) is 1.01. The first kappa shape index (κ1) is 25.1. The van der Waals surface area contributed by atoms with Crippen LogP contribution in [0.3, 0.4) is 0 Å². The van der Waals surface area contributed by atoms with Crippen molar-refractivity contribution in [3.8, 4) is 11.5 Å². The Morgan fingerprint density at radius 2 is 1.94 bits per heavy atom. The fraction of sp³-hybridized carbons (Fsp3) is 0.458. The molecular formula is C24H29ClN4O5S. The second-order valence-electron chi connectivity index (χ2n) is 8.05. The van der Waals surface area contributed by atoms with Gasteiger partial charge in [0.15, 0.2) is 11.5 Å². The third kappa shape index (κ3) is 5.65. The summed E-state index contributed by atoms with van der Waals surface area (Å²) in [5.74, 6) is 2.64. The first-order valence-corrected chi connectivity index (χ1v) is 12.6.